The summed E-state index contributed by atoms with van der Waals surface area (Å²) >= 11 is 0. The molecule has 1 fully saturated rings. The summed E-state index contributed by atoms with van der Waals surface area (Å²) in [5.41, 5.74) is 2.39. The third kappa shape index (κ3) is 3.17. The van der Waals surface area contributed by atoms with Crippen LogP contribution in [0.4, 0.5) is 17.8 Å². The number of hydrogen-bond donors (Lipinski definition) is 4. The van der Waals surface area contributed by atoms with Gasteiger partial charge in [0.25, 0.3) is 0 Å². The molecule has 0 saturated heterocycles. The summed E-state index contributed by atoms with van der Waals surface area (Å²) in [6, 6.07) is 0. The number of aliphatic hydroxyl groups excluding tert-OH is 1. The van der Waals surface area contributed by atoms with Crippen molar-refractivity contribution in [3.8, 4) is 0 Å². The maximum Gasteiger partial charge on any atom is 0.243 e. The Labute approximate surface area is 106 Å². The SMILES string of the molecule is CN(C)c1nc(NN)nc(NCC(O)C2CC2)n1. The van der Waals surface area contributed by atoms with E-state index >= 15 is 0 Å². The number of hydrazine groups is 1. The minimum Gasteiger partial charge on any atom is -0.391 e. The molecule has 1 atom stereocenters. The summed E-state index contributed by atoms with van der Waals surface area (Å²) in [4.78, 5) is 14.1. The number of aliphatic hydroxyl groups is 1. The third-order valence-corrected chi connectivity index (χ3v) is 2.79. The Morgan fingerprint density at radius 2 is 2.00 bits per heavy atom. The van der Waals surface area contributed by atoms with Gasteiger partial charge in [0, 0.05) is 20.6 Å². The second-order valence-electron chi connectivity index (χ2n) is 4.61. The smallest absolute Gasteiger partial charge is 0.243 e. The predicted molar refractivity (Wildman–Crippen MR) is 69.2 cm³/mol. The van der Waals surface area contributed by atoms with Crippen LogP contribution in [0.25, 0.3) is 0 Å². The molecular weight excluding hydrogens is 234 g/mol. The van der Waals surface area contributed by atoms with E-state index in [0.29, 0.717) is 24.4 Å². The number of nitrogens with one attached hydrogen (secondary N) is 2. The molecule has 100 valence electrons. The zero-order chi connectivity index (χ0) is 13.1. The molecule has 0 spiro atoms. The maximum absolute atomic E-state index is 9.77. The summed E-state index contributed by atoms with van der Waals surface area (Å²) in [6.07, 6.45) is 1.84. The fourth-order valence-electron chi connectivity index (χ4n) is 1.55. The van der Waals surface area contributed by atoms with Gasteiger partial charge in [-0.25, -0.2) is 5.84 Å². The normalized spacial score (nSPS) is 16.2. The van der Waals surface area contributed by atoms with Crippen LogP contribution in [-0.2, 0) is 0 Å². The van der Waals surface area contributed by atoms with Crippen molar-refractivity contribution in [2.45, 2.75) is 18.9 Å². The Bertz CT molecular complexity index is 407. The molecule has 0 amide bonds. The summed E-state index contributed by atoms with van der Waals surface area (Å²) in [5.74, 6) is 6.91. The number of rotatable bonds is 6. The summed E-state index contributed by atoms with van der Waals surface area (Å²) in [5, 5.41) is 12.8. The number of nitrogens with zero attached hydrogens (tertiary/aromatic N) is 4. The molecule has 18 heavy (non-hydrogen) atoms. The largest absolute Gasteiger partial charge is 0.391 e. The third-order valence-electron chi connectivity index (χ3n) is 2.79. The number of hydrogen-bond acceptors (Lipinski definition) is 8. The molecule has 1 aromatic heterocycles. The van der Waals surface area contributed by atoms with Crippen LogP contribution >= 0.6 is 0 Å². The lowest BCUT2D eigenvalue weighted by Gasteiger charge is -2.14. The van der Waals surface area contributed by atoms with E-state index in [1.54, 1.807) is 4.90 Å². The highest BCUT2D eigenvalue weighted by molar-refractivity contribution is 5.42. The van der Waals surface area contributed by atoms with Crippen molar-refractivity contribution in [2.75, 3.05) is 36.3 Å². The van der Waals surface area contributed by atoms with Crippen molar-refractivity contribution in [1.29, 1.82) is 0 Å². The van der Waals surface area contributed by atoms with Crippen molar-refractivity contribution in [3.05, 3.63) is 0 Å². The van der Waals surface area contributed by atoms with Crippen LogP contribution in [0.5, 0.6) is 0 Å². The van der Waals surface area contributed by atoms with Crippen molar-refractivity contribution in [1.82, 2.24) is 15.0 Å². The lowest BCUT2D eigenvalue weighted by Crippen LogP contribution is -2.24. The molecule has 0 aromatic carbocycles. The average Bonchev–Trinajstić information content (AvgIpc) is 3.19. The first kappa shape index (κ1) is 12.8. The quantitative estimate of drug-likeness (QED) is 0.393. The van der Waals surface area contributed by atoms with Gasteiger partial charge in [-0.2, -0.15) is 15.0 Å². The number of nitrogen functional groups attached to an aromatic ring is 1. The van der Waals surface area contributed by atoms with Gasteiger partial charge in [0.05, 0.1) is 6.10 Å². The molecule has 0 bridgehead atoms. The first-order chi connectivity index (χ1) is 8.60. The molecule has 8 nitrogen and oxygen atoms in total. The summed E-state index contributed by atoms with van der Waals surface area (Å²) in [7, 11) is 3.66. The molecule has 0 radical (unpaired) electrons. The highest BCUT2D eigenvalue weighted by atomic mass is 16.3. The Morgan fingerprint density at radius 3 is 2.56 bits per heavy atom. The van der Waals surface area contributed by atoms with Gasteiger partial charge < -0.3 is 15.3 Å². The van der Waals surface area contributed by atoms with E-state index in [1.807, 2.05) is 14.1 Å². The summed E-state index contributed by atoms with van der Waals surface area (Å²) in [6.45, 7) is 0.436. The van der Waals surface area contributed by atoms with Gasteiger partial charge in [-0.1, -0.05) is 0 Å². The molecule has 2 rings (SSSR count). The molecular formula is C10H19N7O. The van der Waals surface area contributed by atoms with E-state index in [4.69, 9.17) is 5.84 Å². The fraction of sp³-hybridized carbons (Fsp3) is 0.700. The average molecular weight is 253 g/mol. The lowest BCUT2D eigenvalue weighted by atomic mass is 10.2. The van der Waals surface area contributed by atoms with Crippen molar-refractivity contribution >= 4 is 17.8 Å². The molecule has 1 aliphatic rings. The standard InChI is InChI=1S/C10H19N7O/c1-17(2)10-14-8(13-9(15-10)16-11)12-5-7(18)6-3-4-6/h6-7,18H,3-5,11H2,1-2H3,(H2,12,13,14,15,16). The monoisotopic (exact) mass is 253 g/mol. The van der Waals surface area contributed by atoms with E-state index < -0.39 is 0 Å². The van der Waals surface area contributed by atoms with Gasteiger partial charge in [0.2, 0.25) is 17.8 Å². The van der Waals surface area contributed by atoms with Gasteiger partial charge in [-0.05, 0) is 18.8 Å². The van der Waals surface area contributed by atoms with Crippen LogP contribution in [0, 0.1) is 5.92 Å². The van der Waals surface area contributed by atoms with Crippen LogP contribution in [0.3, 0.4) is 0 Å². The van der Waals surface area contributed by atoms with Gasteiger partial charge in [0.1, 0.15) is 0 Å². The second-order valence-corrected chi connectivity index (χ2v) is 4.61. The first-order valence-corrected chi connectivity index (χ1v) is 5.92. The predicted octanol–water partition coefficient (Wildman–Crippen LogP) is -0.594. The van der Waals surface area contributed by atoms with Crippen LogP contribution < -0.4 is 21.5 Å². The van der Waals surface area contributed by atoms with Gasteiger partial charge >= 0.3 is 0 Å². The van der Waals surface area contributed by atoms with Crippen LogP contribution in [0.1, 0.15) is 12.8 Å². The minimum atomic E-state index is -0.348. The Morgan fingerprint density at radius 1 is 1.33 bits per heavy atom. The van der Waals surface area contributed by atoms with Crippen molar-refractivity contribution in [3.63, 3.8) is 0 Å². The van der Waals surface area contributed by atoms with Crippen molar-refractivity contribution in [2.24, 2.45) is 11.8 Å². The van der Waals surface area contributed by atoms with E-state index in [1.165, 1.54) is 0 Å². The van der Waals surface area contributed by atoms with Crippen LogP contribution in [-0.4, -0.2) is 46.8 Å². The molecule has 8 heteroatoms. The Balaban J connectivity index is 2.03. The number of aromatic nitrogens is 3. The highest BCUT2D eigenvalue weighted by Gasteiger charge is 2.29. The summed E-state index contributed by atoms with van der Waals surface area (Å²) < 4.78 is 0. The molecule has 0 aliphatic heterocycles. The molecule has 1 aromatic rings. The lowest BCUT2D eigenvalue weighted by molar-refractivity contribution is 0.164. The maximum atomic E-state index is 9.77. The van der Waals surface area contributed by atoms with Gasteiger partial charge in [-0.3, -0.25) is 5.43 Å². The van der Waals surface area contributed by atoms with Gasteiger partial charge in [0.15, 0.2) is 0 Å². The van der Waals surface area contributed by atoms with Crippen LogP contribution in [0.2, 0.25) is 0 Å². The molecule has 1 aliphatic carbocycles. The van der Waals surface area contributed by atoms with E-state index in [2.05, 4.69) is 25.7 Å². The second kappa shape index (κ2) is 5.32. The van der Waals surface area contributed by atoms with Gasteiger partial charge in [-0.15, -0.1) is 0 Å². The molecule has 5 N–H and O–H groups in total. The molecule has 1 saturated carbocycles. The topological polar surface area (TPSA) is 112 Å². The zero-order valence-corrected chi connectivity index (χ0v) is 10.6. The zero-order valence-electron chi connectivity index (χ0n) is 10.6. The Kier molecular flexibility index (Phi) is 3.78. The molecule has 1 heterocycles. The van der Waals surface area contributed by atoms with Crippen molar-refractivity contribution < 1.29 is 5.11 Å². The Hall–Kier alpha value is -1.67. The van der Waals surface area contributed by atoms with E-state index in [9.17, 15) is 5.11 Å². The minimum absolute atomic E-state index is 0.289. The fourth-order valence-corrected chi connectivity index (χ4v) is 1.55. The first-order valence-electron chi connectivity index (χ1n) is 5.92. The van der Waals surface area contributed by atoms with E-state index in [-0.39, 0.29) is 12.1 Å². The number of nitrogens with two attached hydrogens (primary N) is 1. The molecule has 1 unspecified atom stereocenters. The van der Waals surface area contributed by atoms with Crippen LogP contribution in [0.15, 0.2) is 0 Å². The highest BCUT2D eigenvalue weighted by Crippen LogP contribution is 2.32. The number of anilines is 3. The van der Waals surface area contributed by atoms with E-state index in [0.717, 1.165) is 12.8 Å².